The van der Waals surface area contributed by atoms with E-state index in [0.717, 1.165) is 19.6 Å². The Kier molecular flexibility index (Phi) is 6.22. The number of hydrogen-bond acceptors (Lipinski definition) is 2. The fourth-order valence-corrected chi connectivity index (χ4v) is 2.42. The Morgan fingerprint density at radius 1 is 1.05 bits per heavy atom. The first-order chi connectivity index (χ1) is 9.23. The van der Waals surface area contributed by atoms with Gasteiger partial charge in [0.1, 0.15) is 0 Å². The van der Waals surface area contributed by atoms with Crippen LogP contribution in [0.3, 0.4) is 0 Å². The molecule has 0 aromatic heterocycles. The Bertz CT molecular complexity index is 378. The summed E-state index contributed by atoms with van der Waals surface area (Å²) >= 11 is 0. The van der Waals surface area contributed by atoms with Crippen LogP contribution in [0, 0.1) is 5.41 Å². The number of nitrogens with one attached hydrogen (secondary N) is 1. The van der Waals surface area contributed by atoms with E-state index in [0.29, 0.717) is 11.5 Å². The van der Waals surface area contributed by atoms with Crippen molar-refractivity contribution in [2.24, 2.45) is 5.41 Å². The van der Waals surface area contributed by atoms with Crippen molar-refractivity contribution >= 4 is 0 Å². The van der Waals surface area contributed by atoms with Crippen molar-refractivity contribution in [2.75, 3.05) is 13.2 Å². The van der Waals surface area contributed by atoms with Crippen LogP contribution in [0.4, 0.5) is 0 Å². The van der Waals surface area contributed by atoms with Gasteiger partial charge in [-0.25, -0.2) is 0 Å². The second kappa shape index (κ2) is 7.24. The SMILES string of the molecule is CCOC(C)(C)CNC(CC(C)(C)C)c1ccccc1. The van der Waals surface area contributed by atoms with Crippen LogP contribution in [-0.4, -0.2) is 18.8 Å². The third kappa shape index (κ3) is 6.53. The molecule has 0 bridgehead atoms. The third-order valence-corrected chi connectivity index (χ3v) is 3.33. The smallest absolute Gasteiger partial charge is 0.0750 e. The van der Waals surface area contributed by atoms with E-state index in [2.05, 4.69) is 70.3 Å². The maximum atomic E-state index is 5.78. The highest BCUT2D eigenvalue weighted by Gasteiger charge is 2.23. The molecule has 1 unspecified atom stereocenters. The van der Waals surface area contributed by atoms with E-state index >= 15 is 0 Å². The molecule has 114 valence electrons. The number of ether oxygens (including phenoxy) is 1. The van der Waals surface area contributed by atoms with Crippen molar-refractivity contribution < 1.29 is 4.74 Å². The highest BCUT2D eigenvalue weighted by molar-refractivity contribution is 5.19. The molecule has 0 aliphatic heterocycles. The standard InChI is InChI=1S/C18H31NO/c1-7-20-18(5,6)14-19-16(13-17(2,3)4)15-11-9-8-10-12-15/h8-12,16,19H,7,13-14H2,1-6H3. The fraction of sp³-hybridized carbons (Fsp3) is 0.667. The van der Waals surface area contributed by atoms with Gasteiger partial charge >= 0.3 is 0 Å². The Labute approximate surface area is 124 Å². The molecule has 0 radical (unpaired) electrons. The van der Waals surface area contributed by atoms with Gasteiger partial charge in [-0.15, -0.1) is 0 Å². The van der Waals surface area contributed by atoms with Gasteiger partial charge in [0.15, 0.2) is 0 Å². The van der Waals surface area contributed by atoms with E-state index in [1.807, 2.05) is 6.92 Å². The van der Waals surface area contributed by atoms with Gasteiger partial charge in [-0.3, -0.25) is 0 Å². The fourth-order valence-electron chi connectivity index (χ4n) is 2.42. The van der Waals surface area contributed by atoms with E-state index in [1.165, 1.54) is 5.56 Å². The van der Waals surface area contributed by atoms with Gasteiger partial charge < -0.3 is 10.1 Å². The molecule has 1 aromatic carbocycles. The first kappa shape index (κ1) is 17.2. The predicted octanol–water partition coefficient (Wildman–Crippen LogP) is 4.57. The highest BCUT2D eigenvalue weighted by atomic mass is 16.5. The lowest BCUT2D eigenvalue weighted by molar-refractivity contribution is -0.0114. The summed E-state index contributed by atoms with van der Waals surface area (Å²) < 4.78 is 5.78. The molecule has 0 aliphatic rings. The van der Waals surface area contributed by atoms with Gasteiger partial charge in [0.2, 0.25) is 0 Å². The van der Waals surface area contributed by atoms with Crippen molar-refractivity contribution in [3.8, 4) is 0 Å². The Morgan fingerprint density at radius 2 is 1.65 bits per heavy atom. The van der Waals surface area contributed by atoms with Crippen LogP contribution >= 0.6 is 0 Å². The summed E-state index contributed by atoms with van der Waals surface area (Å²) in [5, 5.41) is 3.69. The molecule has 1 atom stereocenters. The maximum absolute atomic E-state index is 5.78. The summed E-state index contributed by atoms with van der Waals surface area (Å²) in [7, 11) is 0. The van der Waals surface area contributed by atoms with Crippen molar-refractivity contribution in [2.45, 2.75) is 59.6 Å². The summed E-state index contributed by atoms with van der Waals surface area (Å²) in [5.41, 5.74) is 1.53. The van der Waals surface area contributed by atoms with Crippen LogP contribution in [-0.2, 0) is 4.74 Å². The van der Waals surface area contributed by atoms with E-state index in [4.69, 9.17) is 4.74 Å². The zero-order valence-corrected chi connectivity index (χ0v) is 14.0. The van der Waals surface area contributed by atoms with Crippen LogP contribution < -0.4 is 5.32 Å². The van der Waals surface area contributed by atoms with E-state index in [1.54, 1.807) is 0 Å². The van der Waals surface area contributed by atoms with Gasteiger partial charge in [-0.2, -0.15) is 0 Å². The predicted molar refractivity (Wildman–Crippen MR) is 87.0 cm³/mol. The minimum Gasteiger partial charge on any atom is -0.375 e. The highest BCUT2D eigenvalue weighted by Crippen LogP contribution is 2.29. The summed E-state index contributed by atoms with van der Waals surface area (Å²) in [4.78, 5) is 0. The van der Waals surface area contributed by atoms with Crippen molar-refractivity contribution in [1.29, 1.82) is 0 Å². The Balaban J connectivity index is 2.74. The molecule has 2 nitrogen and oxygen atoms in total. The van der Waals surface area contributed by atoms with Crippen LogP contribution in [0.25, 0.3) is 0 Å². The zero-order valence-electron chi connectivity index (χ0n) is 14.0. The van der Waals surface area contributed by atoms with E-state index < -0.39 is 0 Å². The van der Waals surface area contributed by atoms with Crippen LogP contribution in [0.2, 0.25) is 0 Å². The quantitative estimate of drug-likeness (QED) is 0.788. The van der Waals surface area contributed by atoms with Gasteiger partial charge in [0, 0.05) is 19.2 Å². The lowest BCUT2D eigenvalue weighted by Gasteiger charge is -2.32. The van der Waals surface area contributed by atoms with Crippen molar-refractivity contribution in [3.05, 3.63) is 35.9 Å². The summed E-state index contributed by atoms with van der Waals surface area (Å²) in [6, 6.07) is 11.1. The second-order valence-electron chi connectivity index (χ2n) is 7.30. The molecule has 0 spiro atoms. The molecule has 1 N–H and O–H groups in total. The van der Waals surface area contributed by atoms with Gasteiger partial charge in [-0.1, -0.05) is 51.1 Å². The molecule has 0 aliphatic carbocycles. The Hall–Kier alpha value is -0.860. The second-order valence-corrected chi connectivity index (χ2v) is 7.30. The number of benzene rings is 1. The van der Waals surface area contributed by atoms with E-state index in [-0.39, 0.29) is 5.60 Å². The Morgan fingerprint density at radius 3 is 2.15 bits per heavy atom. The zero-order chi connectivity index (χ0) is 15.2. The molecule has 0 fully saturated rings. The molecule has 0 heterocycles. The molecule has 2 heteroatoms. The van der Waals surface area contributed by atoms with E-state index in [9.17, 15) is 0 Å². The normalized spacial score (nSPS) is 14.3. The van der Waals surface area contributed by atoms with Gasteiger partial charge in [0.25, 0.3) is 0 Å². The van der Waals surface area contributed by atoms with Gasteiger partial charge in [0.05, 0.1) is 5.60 Å². The maximum Gasteiger partial charge on any atom is 0.0750 e. The first-order valence-electron chi connectivity index (χ1n) is 7.66. The minimum absolute atomic E-state index is 0.125. The molecule has 0 amide bonds. The topological polar surface area (TPSA) is 21.3 Å². The monoisotopic (exact) mass is 277 g/mol. The summed E-state index contributed by atoms with van der Waals surface area (Å²) in [6.07, 6.45) is 1.11. The largest absolute Gasteiger partial charge is 0.375 e. The lowest BCUT2D eigenvalue weighted by Crippen LogP contribution is -2.40. The average molecular weight is 277 g/mol. The average Bonchev–Trinajstić information content (AvgIpc) is 2.34. The van der Waals surface area contributed by atoms with Gasteiger partial charge in [-0.05, 0) is 38.2 Å². The van der Waals surface area contributed by atoms with Crippen molar-refractivity contribution in [1.82, 2.24) is 5.32 Å². The van der Waals surface area contributed by atoms with Crippen LogP contribution in [0.1, 0.15) is 59.6 Å². The number of hydrogen-bond donors (Lipinski definition) is 1. The van der Waals surface area contributed by atoms with Crippen LogP contribution in [0.5, 0.6) is 0 Å². The molecule has 20 heavy (non-hydrogen) atoms. The molecule has 1 rings (SSSR count). The molecular formula is C18H31NO. The van der Waals surface area contributed by atoms with Crippen molar-refractivity contribution in [3.63, 3.8) is 0 Å². The number of rotatable bonds is 7. The molecule has 0 saturated heterocycles. The minimum atomic E-state index is -0.125. The molecular weight excluding hydrogens is 246 g/mol. The molecule has 1 aromatic rings. The lowest BCUT2D eigenvalue weighted by atomic mass is 9.85. The summed E-state index contributed by atoms with van der Waals surface area (Å²) in [6.45, 7) is 14.8. The van der Waals surface area contributed by atoms with Crippen LogP contribution in [0.15, 0.2) is 30.3 Å². The third-order valence-electron chi connectivity index (χ3n) is 3.33. The summed E-state index contributed by atoms with van der Waals surface area (Å²) in [5.74, 6) is 0. The first-order valence-corrected chi connectivity index (χ1v) is 7.66. The molecule has 0 saturated carbocycles.